The van der Waals surface area contributed by atoms with Gasteiger partial charge in [0, 0.05) is 11.9 Å². The molecule has 0 saturated carbocycles. The number of rotatable bonds is 6. The molecule has 0 aliphatic carbocycles. The summed E-state index contributed by atoms with van der Waals surface area (Å²) in [7, 11) is 0. The molecule has 86 valence electrons. The fourth-order valence-corrected chi connectivity index (χ4v) is 1.35. The molecule has 0 aliphatic heterocycles. The van der Waals surface area contributed by atoms with Gasteiger partial charge in [-0.25, -0.2) is 0 Å². The minimum absolute atomic E-state index is 0.286. The van der Waals surface area contributed by atoms with Crippen LogP contribution in [0, 0.1) is 5.41 Å². The van der Waals surface area contributed by atoms with Gasteiger partial charge in [0.1, 0.15) is 0 Å². The average Bonchev–Trinajstić information content (AvgIpc) is 2.08. The fourth-order valence-electron chi connectivity index (χ4n) is 1.35. The molecule has 0 atom stereocenters. The molecule has 0 radical (unpaired) electrons. The van der Waals surface area contributed by atoms with Crippen molar-refractivity contribution in [1.82, 2.24) is 0 Å². The summed E-state index contributed by atoms with van der Waals surface area (Å²) in [5, 5.41) is 0. The highest BCUT2D eigenvalue weighted by molar-refractivity contribution is 5.78. The van der Waals surface area contributed by atoms with Crippen LogP contribution in [-0.2, 0) is 0 Å². The molecule has 1 heteroatoms. The lowest BCUT2D eigenvalue weighted by Crippen LogP contribution is -2.06. The van der Waals surface area contributed by atoms with Gasteiger partial charge in [-0.2, -0.15) is 0 Å². The van der Waals surface area contributed by atoms with E-state index in [-0.39, 0.29) is 5.41 Å². The highest BCUT2D eigenvalue weighted by atomic mass is 14.7. The van der Waals surface area contributed by atoms with Crippen molar-refractivity contribution in [2.24, 2.45) is 10.4 Å². The van der Waals surface area contributed by atoms with Crippen LogP contribution in [0.2, 0.25) is 0 Å². The lowest BCUT2D eigenvalue weighted by atomic mass is 9.89. The van der Waals surface area contributed by atoms with Gasteiger partial charge in [0.15, 0.2) is 0 Å². The van der Waals surface area contributed by atoms with Gasteiger partial charge in [-0.3, -0.25) is 4.99 Å². The van der Waals surface area contributed by atoms with Gasteiger partial charge in [0.2, 0.25) is 0 Å². The molecule has 0 amide bonds. The van der Waals surface area contributed by atoms with Crippen LogP contribution in [0.1, 0.15) is 53.4 Å². The molecule has 0 unspecified atom stereocenters. The summed E-state index contributed by atoms with van der Waals surface area (Å²) in [5.74, 6) is 0. The molecular formula is C14H25N. The summed E-state index contributed by atoms with van der Waals surface area (Å²) >= 11 is 0. The maximum absolute atomic E-state index is 4.33. The van der Waals surface area contributed by atoms with Crippen LogP contribution in [0.15, 0.2) is 29.4 Å². The number of allylic oxidation sites excluding steroid dienone is 2. The zero-order chi connectivity index (χ0) is 11.9. The standard InChI is InChI=1S/C14H25N/c1-7-8-9-13(3)15-11-12(2)10-14(4,5)6/h11H,2-3,7-10H2,1,4-6H3. The van der Waals surface area contributed by atoms with E-state index in [1.807, 2.05) is 6.21 Å². The molecule has 0 saturated heterocycles. The van der Waals surface area contributed by atoms with Crippen molar-refractivity contribution in [2.75, 3.05) is 0 Å². The molecule has 0 N–H and O–H groups in total. The summed E-state index contributed by atoms with van der Waals surface area (Å²) in [4.78, 5) is 4.33. The first-order valence-electron chi connectivity index (χ1n) is 5.75. The van der Waals surface area contributed by atoms with Crippen molar-refractivity contribution >= 4 is 6.21 Å². The monoisotopic (exact) mass is 207 g/mol. The lowest BCUT2D eigenvalue weighted by Gasteiger charge is -2.17. The molecule has 0 aromatic heterocycles. The first-order chi connectivity index (χ1) is 6.85. The molecule has 15 heavy (non-hydrogen) atoms. The third-order valence-corrected chi connectivity index (χ3v) is 2.01. The Labute approximate surface area is 95.0 Å². The van der Waals surface area contributed by atoms with E-state index in [1.165, 1.54) is 12.8 Å². The van der Waals surface area contributed by atoms with Gasteiger partial charge in [0.25, 0.3) is 0 Å². The predicted octanol–water partition coefficient (Wildman–Crippen LogP) is 4.75. The molecule has 0 spiro atoms. The maximum Gasteiger partial charge on any atom is 0.0332 e. The Kier molecular flexibility index (Phi) is 6.23. The topological polar surface area (TPSA) is 12.4 Å². The van der Waals surface area contributed by atoms with Crippen molar-refractivity contribution in [3.8, 4) is 0 Å². The maximum atomic E-state index is 4.33. The fraction of sp³-hybridized carbons (Fsp3) is 0.643. The van der Waals surface area contributed by atoms with Crippen LogP contribution >= 0.6 is 0 Å². The highest BCUT2D eigenvalue weighted by Crippen LogP contribution is 2.22. The van der Waals surface area contributed by atoms with E-state index in [4.69, 9.17) is 0 Å². The lowest BCUT2D eigenvalue weighted by molar-refractivity contribution is 0.416. The van der Waals surface area contributed by atoms with Gasteiger partial charge < -0.3 is 0 Å². The molecule has 1 nitrogen and oxygen atoms in total. The van der Waals surface area contributed by atoms with Crippen molar-refractivity contribution in [1.29, 1.82) is 0 Å². The molecule has 0 aromatic carbocycles. The van der Waals surface area contributed by atoms with E-state index >= 15 is 0 Å². The molecule has 0 bridgehead atoms. The van der Waals surface area contributed by atoms with Gasteiger partial charge in [-0.05, 0) is 30.3 Å². The van der Waals surface area contributed by atoms with Crippen LogP contribution in [0.4, 0.5) is 0 Å². The van der Waals surface area contributed by atoms with Crippen LogP contribution in [-0.4, -0.2) is 6.21 Å². The Morgan fingerprint density at radius 2 is 1.87 bits per heavy atom. The minimum atomic E-state index is 0.286. The number of hydrogen-bond acceptors (Lipinski definition) is 1. The van der Waals surface area contributed by atoms with E-state index in [2.05, 4.69) is 45.8 Å². The third-order valence-electron chi connectivity index (χ3n) is 2.01. The number of nitrogens with zero attached hydrogens (tertiary/aromatic N) is 1. The minimum Gasteiger partial charge on any atom is -0.262 e. The van der Waals surface area contributed by atoms with Crippen molar-refractivity contribution in [3.63, 3.8) is 0 Å². The smallest absolute Gasteiger partial charge is 0.0332 e. The van der Waals surface area contributed by atoms with Crippen LogP contribution in [0.5, 0.6) is 0 Å². The van der Waals surface area contributed by atoms with E-state index in [0.717, 1.165) is 24.1 Å². The largest absolute Gasteiger partial charge is 0.262 e. The Balaban J connectivity index is 3.95. The molecule has 0 aromatic rings. The summed E-state index contributed by atoms with van der Waals surface area (Å²) in [6.07, 6.45) is 6.20. The number of hydrogen-bond donors (Lipinski definition) is 0. The Bertz CT molecular complexity index is 241. The summed E-state index contributed by atoms with van der Waals surface area (Å²) in [6, 6.07) is 0. The van der Waals surface area contributed by atoms with Crippen LogP contribution in [0.3, 0.4) is 0 Å². The Morgan fingerprint density at radius 3 is 2.33 bits per heavy atom. The van der Waals surface area contributed by atoms with Gasteiger partial charge in [0.05, 0.1) is 0 Å². The van der Waals surface area contributed by atoms with Crippen LogP contribution in [0.25, 0.3) is 0 Å². The average molecular weight is 207 g/mol. The molecule has 0 heterocycles. The van der Waals surface area contributed by atoms with E-state index < -0.39 is 0 Å². The Hall–Kier alpha value is -0.850. The number of aliphatic imine (C=N–C) groups is 1. The summed E-state index contributed by atoms with van der Waals surface area (Å²) in [5.41, 5.74) is 2.33. The predicted molar refractivity (Wildman–Crippen MR) is 70.4 cm³/mol. The first-order valence-corrected chi connectivity index (χ1v) is 5.75. The summed E-state index contributed by atoms with van der Waals surface area (Å²) < 4.78 is 0. The van der Waals surface area contributed by atoms with E-state index in [0.29, 0.717) is 0 Å². The second-order valence-corrected chi connectivity index (χ2v) is 5.32. The highest BCUT2D eigenvalue weighted by Gasteiger charge is 2.10. The molecule has 0 aliphatic rings. The van der Waals surface area contributed by atoms with E-state index in [1.54, 1.807) is 0 Å². The van der Waals surface area contributed by atoms with Crippen molar-refractivity contribution in [2.45, 2.75) is 53.4 Å². The Morgan fingerprint density at radius 1 is 1.27 bits per heavy atom. The normalized spacial score (nSPS) is 12.0. The van der Waals surface area contributed by atoms with Gasteiger partial charge in [-0.1, -0.05) is 47.3 Å². The van der Waals surface area contributed by atoms with Gasteiger partial charge >= 0.3 is 0 Å². The quantitative estimate of drug-likeness (QED) is 0.557. The summed E-state index contributed by atoms with van der Waals surface area (Å²) in [6.45, 7) is 16.7. The van der Waals surface area contributed by atoms with Gasteiger partial charge in [-0.15, -0.1) is 0 Å². The number of unbranched alkanes of at least 4 members (excludes halogenated alkanes) is 1. The third kappa shape index (κ3) is 9.45. The zero-order valence-corrected chi connectivity index (χ0v) is 10.8. The molecular weight excluding hydrogens is 182 g/mol. The second-order valence-electron chi connectivity index (χ2n) is 5.32. The first kappa shape index (κ1) is 14.2. The van der Waals surface area contributed by atoms with Crippen molar-refractivity contribution in [3.05, 3.63) is 24.4 Å². The molecule has 0 fully saturated rings. The van der Waals surface area contributed by atoms with Crippen molar-refractivity contribution < 1.29 is 0 Å². The van der Waals surface area contributed by atoms with E-state index in [9.17, 15) is 0 Å². The van der Waals surface area contributed by atoms with Crippen LogP contribution < -0.4 is 0 Å². The second kappa shape index (κ2) is 6.60. The molecule has 0 rings (SSSR count). The zero-order valence-electron chi connectivity index (χ0n) is 10.8. The SMILES string of the molecule is C=C(C=NC(=C)CCCC)CC(C)(C)C.